The molecular formula is C11H11BrO4. The van der Waals surface area contributed by atoms with E-state index >= 15 is 0 Å². The zero-order chi connectivity index (χ0) is 12.3. The molecule has 0 aliphatic heterocycles. The summed E-state index contributed by atoms with van der Waals surface area (Å²) in [6.07, 6.45) is -0.663. The van der Waals surface area contributed by atoms with Crippen LogP contribution in [0.15, 0.2) is 22.7 Å². The third-order valence-electron chi connectivity index (χ3n) is 2.00. The van der Waals surface area contributed by atoms with E-state index in [9.17, 15) is 14.7 Å². The Kier molecular flexibility index (Phi) is 4.06. The summed E-state index contributed by atoms with van der Waals surface area (Å²) in [4.78, 5) is 21.7. The first-order valence-electron chi connectivity index (χ1n) is 4.61. The lowest BCUT2D eigenvalue weighted by molar-refractivity contribution is -0.156. The van der Waals surface area contributed by atoms with Crippen LogP contribution >= 0.6 is 15.9 Å². The number of Topliss-reactive ketones (excluding diaryl/α,β-unsaturated/α-hetero) is 1. The SMILES string of the molecule is CC(=O)C(=O)OC(C)c1ccc(Br)cc1O. The highest BCUT2D eigenvalue weighted by atomic mass is 79.9. The lowest BCUT2D eigenvalue weighted by Gasteiger charge is -2.13. The summed E-state index contributed by atoms with van der Waals surface area (Å²) in [6.45, 7) is 2.72. The standard InChI is InChI=1S/C11H11BrO4/c1-6(13)11(15)16-7(2)9-4-3-8(12)5-10(9)14/h3-5,7,14H,1-2H3. The first kappa shape index (κ1) is 12.7. The van der Waals surface area contributed by atoms with Gasteiger partial charge in [-0.3, -0.25) is 4.79 Å². The number of carbonyl (C=O) groups excluding carboxylic acids is 2. The zero-order valence-electron chi connectivity index (χ0n) is 8.86. The Morgan fingerprint density at radius 1 is 1.44 bits per heavy atom. The normalized spacial score (nSPS) is 11.9. The van der Waals surface area contributed by atoms with Gasteiger partial charge in [0.15, 0.2) is 0 Å². The van der Waals surface area contributed by atoms with Crippen molar-refractivity contribution >= 4 is 27.7 Å². The van der Waals surface area contributed by atoms with Crippen LogP contribution < -0.4 is 0 Å². The quantitative estimate of drug-likeness (QED) is 0.684. The number of ether oxygens (including phenoxy) is 1. The Bertz CT molecular complexity index is 428. The molecule has 1 atom stereocenters. The van der Waals surface area contributed by atoms with Gasteiger partial charge in [-0.05, 0) is 19.1 Å². The fourth-order valence-electron chi connectivity index (χ4n) is 1.17. The van der Waals surface area contributed by atoms with Gasteiger partial charge in [0, 0.05) is 17.0 Å². The molecule has 0 amide bonds. The van der Waals surface area contributed by atoms with Gasteiger partial charge in [-0.15, -0.1) is 0 Å². The molecule has 0 spiro atoms. The van der Waals surface area contributed by atoms with Crippen molar-refractivity contribution in [2.75, 3.05) is 0 Å². The van der Waals surface area contributed by atoms with Gasteiger partial charge in [0.2, 0.25) is 5.78 Å². The molecule has 5 heteroatoms. The second-order valence-corrected chi connectivity index (χ2v) is 4.22. The number of ketones is 1. The summed E-state index contributed by atoms with van der Waals surface area (Å²) in [5, 5.41) is 9.61. The van der Waals surface area contributed by atoms with Gasteiger partial charge < -0.3 is 9.84 Å². The summed E-state index contributed by atoms with van der Waals surface area (Å²) in [7, 11) is 0. The van der Waals surface area contributed by atoms with Crippen molar-refractivity contribution in [3.05, 3.63) is 28.2 Å². The average Bonchev–Trinajstić information content (AvgIpc) is 2.16. The van der Waals surface area contributed by atoms with E-state index in [0.29, 0.717) is 5.56 Å². The minimum atomic E-state index is -0.908. The lowest BCUT2D eigenvalue weighted by atomic mass is 10.1. The van der Waals surface area contributed by atoms with E-state index in [2.05, 4.69) is 15.9 Å². The van der Waals surface area contributed by atoms with E-state index in [4.69, 9.17) is 4.74 Å². The number of hydrogen-bond donors (Lipinski definition) is 1. The Labute approximate surface area is 101 Å². The summed E-state index contributed by atoms with van der Waals surface area (Å²) < 4.78 is 5.58. The molecular weight excluding hydrogens is 276 g/mol. The molecule has 0 saturated carbocycles. The molecule has 0 bridgehead atoms. The fraction of sp³-hybridized carbons (Fsp3) is 0.273. The minimum Gasteiger partial charge on any atom is -0.507 e. The second kappa shape index (κ2) is 5.12. The highest BCUT2D eigenvalue weighted by Crippen LogP contribution is 2.29. The van der Waals surface area contributed by atoms with Gasteiger partial charge in [0.05, 0.1) is 0 Å². The number of rotatable bonds is 3. The first-order chi connectivity index (χ1) is 7.41. The predicted molar refractivity (Wildman–Crippen MR) is 61.0 cm³/mol. The minimum absolute atomic E-state index is 0.0122. The van der Waals surface area contributed by atoms with E-state index in [1.54, 1.807) is 19.1 Å². The van der Waals surface area contributed by atoms with Crippen LogP contribution in [0.5, 0.6) is 5.75 Å². The van der Waals surface area contributed by atoms with E-state index in [-0.39, 0.29) is 5.75 Å². The summed E-state index contributed by atoms with van der Waals surface area (Å²) in [5.74, 6) is -1.56. The van der Waals surface area contributed by atoms with Crippen molar-refractivity contribution in [2.45, 2.75) is 20.0 Å². The van der Waals surface area contributed by atoms with Crippen molar-refractivity contribution in [2.24, 2.45) is 0 Å². The molecule has 0 aliphatic carbocycles. The Hall–Kier alpha value is -1.36. The number of carbonyl (C=O) groups is 2. The number of halogens is 1. The molecule has 0 saturated heterocycles. The van der Waals surface area contributed by atoms with E-state index in [0.717, 1.165) is 11.4 Å². The zero-order valence-corrected chi connectivity index (χ0v) is 10.4. The number of phenolic OH excluding ortho intramolecular Hbond substituents is 1. The third kappa shape index (κ3) is 3.06. The van der Waals surface area contributed by atoms with Crippen LogP contribution in [-0.2, 0) is 14.3 Å². The second-order valence-electron chi connectivity index (χ2n) is 3.31. The maximum Gasteiger partial charge on any atom is 0.374 e. The van der Waals surface area contributed by atoms with Gasteiger partial charge in [0.1, 0.15) is 11.9 Å². The number of hydrogen-bond acceptors (Lipinski definition) is 4. The highest BCUT2D eigenvalue weighted by Gasteiger charge is 2.17. The van der Waals surface area contributed by atoms with Gasteiger partial charge in [-0.1, -0.05) is 22.0 Å². The van der Waals surface area contributed by atoms with Crippen molar-refractivity contribution < 1.29 is 19.4 Å². The molecule has 86 valence electrons. The molecule has 16 heavy (non-hydrogen) atoms. The van der Waals surface area contributed by atoms with E-state index in [1.165, 1.54) is 6.07 Å². The molecule has 1 aromatic carbocycles. The number of esters is 1. The van der Waals surface area contributed by atoms with Gasteiger partial charge in [0.25, 0.3) is 0 Å². The van der Waals surface area contributed by atoms with Crippen LogP contribution in [0.1, 0.15) is 25.5 Å². The first-order valence-corrected chi connectivity index (χ1v) is 5.41. The molecule has 1 unspecified atom stereocenters. The van der Waals surface area contributed by atoms with E-state index < -0.39 is 17.9 Å². The maximum atomic E-state index is 11.0. The number of benzene rings is 1. The molecule has 1 N–H and O–H groups in total. The van der Waals surface area contributed by atoms with Gasteiger partial charge in [-0.2, -0.15) is 0 Å². The van der Waals surface area contributed by atoms with Crippen LogP contribution in [0.3, 0.4) is 0 Å². The van der Waals surface area contributed by atoms with Crippen molar-refractivity contribution in [3.63, 3.8) is 0 Å². The predicted octanol–water partition coefficient (Wildman–Crippen LogP) is 2.35. The van der Waals surface area contributed by atoms with Gasteiger partial charge >= 0.3 is 5.97 Å². The highest BCUT2D eigenvalue weighted by molar-refractivity contribution is 9.10. The lowest BCUT2D eigenvalue weighted by Crippen LogP contribution is -2.16. The van der Waals surface area contributed by atoms with Crippen LogP contribution in [0.4, 0.5) is 0 Å². The maximum absolute atomic E-state index is 11.0. The summed E-state index contributed by atoms with van der Waals surface area (Å²) in [6, 6.07) is 4.83. The Balaban J connectivity index is 2.84. The molecule has 1 rings (SSSR count). The Morgan fingerprint density at radius 3 is 2.56 bits per heavy atom. The number of aromatic hydroxyl groups is 1. The molecule has 0 heterocycles. The van der Waals surface area contributed by atoms with Crippen LogP contribution in [0.25, 0.3) is 0 Å². The third-order valence-corrected chi connectivity index (χ3v) is 2.49. The molecule has 0 aliphatic rings. The molecule has 0 fully saturated rings. The van der Waals surface area contributed by atoms with Crippen molar-refractivity contribution in [3.8, 4) is 5.75 Å². The van der Waals surface area contributed by atoms with Crippen LogP contribution in [0, 0.1) is 0 Å². The summed E-state index contributed by atoms with van der Waals surface area (Å²) in [5.41, 5.74) is 0.456. The van der Waals surface area contributed by atoms with Crippen LogP contribution in [-0.4, -0.2) is 16.9 Å². The largest absolute Gasteiger partial charge is 0.507 e. The molecule has 4 nitrogen and oxygen atoms in total. The van der Waals surface area contributed by atoms with Gasteiger partial charge in [-0.25, -0.2) is 4.79 Å². The number of phenols is 1. The topological polar surface area (TPSA) is 63.6 Å². The molecule has 0 radical (unpaired) electrons. The van der Waals surface area contributed by atoms with Crippen LogP contribution in [0.2, 0.25) is 0 Å². The average molecular weight is 287 g/mol. The molecule has 0 aromatic heterocycles. The van der Waals surface area contributed by atoms with E-state index in [1.807, 2.05) is 0 Å². The summed E-state index contributed by atoms with van der Waals surface area (Å²) >= 11 is 3.20. The Morgan fingerprint density at radius 2 is 2.06 bits per heavy atom. The molecule has 1 aromatic rings. The fourth-order valence-corrected chi connectivity index (χ4v) is 1.52. The van der Waals surface area contributed by atoms with Crippen molar-refractivity contribution in [1.29, 1.82) is 0 Å². The smallest absolute Gasteiger partial charge is 0.374 e. The monoisotopic (exact) mass is 286 g/mol. The van der Waals surface area contributed by atoms with Crippen molar-refractivity contribution in [1.82, 2.24) is 0 Å².